The third kappa shape index (κ3) is 4.38. The fourth-order valence-corrected chi connectivity index (χ4v) is 2.94. The molecule has 5 nitrogen and oxygen atoms in total. The largest absolute Gasteiger partial charge is 0.490 e. The summed E-state index contributed by atoms with van der Waals surface area (Å²) in [6.45, 7) is 5.31. The van der Waals surface area contributed by atoms with E-state index in [4.69, 9.17) is 10.5 Å². The van der Waals surface area contributed by atoms with Crippen molar-refractivity contribution in [3.8, 4) is 11.8 Å². The van der Waals surface area contributed by atoms with Gasteiger partial charge in [0.1, 0.15) is 24.0 Å². The van der Waals surface area contributed by atoms with Crippen LogP contribution < -0.4 is 10.5 Å². The third-order valence-electron chi connectivity index (χ3n) is 4.13. The van der Waals surface area contributed by atoms with Gasteiger partial charge >= 0.3 is 0 Å². The van der Waals surface area contributed by atoms with Crippen LogP contribution in [0.3, 0.4) is 0 Å². The van der Waals surface area contributed by atoms with Gasteiger partial charge in [-0.15, -0.1) is 0 Å². The zero-order chi connectivity index (χ0) is 16.8. The molecular formula is C18H25N3O2. The molecule has 0 aromatic heterocycles. The average Bonchev–Trinajstić information content (AvgIpc) is 2.52. The van der Waals surface area contributed by atoms with Gasteiger partial charge in [-0.3, -0.25) is 4.79 Å². The Kier molecular flexibility index (Phi) is 5.86. The van der Waals surface area contributed by atoms with E-state index in [0.717, 1.165) is 25.8 Å². The van der Waals surface area contributed by atoms with Gasteiger partial charge in [0.15, 0.2) is 0 Å². The number of piperidine rings is 1. The van der Waals surface area contributed by atoms with Crippen LogP contribution in [0.5, 0.6) is 5.75 Å². The molecule has 23 heavy (non-hydrogen) atoms. The monoisotopic (exact) mass is 315 g/mol. The molecule has 1 aliphatic rings. The van der Waals surface area contributed by atoms with Crippen LogP contribution in [0.1, 0.15) is 45.1 Å². The molecule has 1 aromatic carbocycles. The standard InChI is InChI=1S/C18H25N3O2/c1-13(2)10-18(22)21-9-4-3-6-14(21)12-23-17-8-5-7-16(20)15(17)11-19/h5,7-8,13-14H,3-4,6,9-10,12,20H2,1-2H3. The number of carbonyl (C=O) groups excluding carboxylic acids is 1. The summed E-state index contributed by atoms with van der Waals surface area (Å²) in [4.78, 5) is 14.4. The lowest BCUT2D eigenvalue weighted by Crippen LogP contribution is -2.47. The molecule has 124 valence electrons. The number of benzene rings is 1. The van der Waals surface area contributed by atoms with Gasteiger partial charge < -0.3 is 15.4 Å². The zero-order valence-electron chi connectivity index (χ0n) is 13.9. The predicted octanol–water partition coefficient (Wildman–Crippen LogP) is 2.95. The average molecular weight is 315 g/mol. The molecule has 1 saturated heterocycles. The molecule has 0 aliphatic carbocycles. The second-order valence-electron chi connectivity index (χ2n) is 6.48. The molecule has 1 aromatic rings. The molecule has 1 fully saturated rings. The Labute approximate surface area is 138 Å². The molecular weight excluding hydrogens is 290 g/mol. The minimum absolute atomic E-state index is 0.0722. The number of ether oxygens (including phenoxy) is 1. The number of anilines is 1. The summed E-state index contributed by atoms with van der Waals surface area (Å²) in [7, 11) is 0. The molecule has 1 atom stereocenters. The first-order valence-corrected chi connectivity index (χ1v) is 8.23. The molecule has 0 saturated carbocycles. The number of nitriles is 1. The number of hydrogen-bond acceptors (Lipinski definition) is 4. The normalized spacial score (nSPS) is 17.8. The number of likely N-dealkylation sites (tertiary alicyclic amines) is 1. The maximum absolute atomic E-state index is 12.4. The van der Waals surface area contributed by atoms with E-state index in [0.29, 0.717) is 35.9 Å². The van der Waals surface area contributed by atoms with Crippen LogP contribution in [0.4, 0.5) is 5.69 Å². The Morgan fingerprint density at radius 3 is 2.96 bits per heavy atom. The summed E-state index contributed by atoms with van der Waals surface area (Å²) in [6, 6.07) is 7.36. The van der Waals surface area contributed by atoms with E-state index in [-0.39, 0.29) is 11.9 Å². The van der Waals surface area contributed by atoms with E-state index in [9.17, 15) is 10.1 Å². The molecule has 1 aliphatic heterocycles. The van der Waals surface area contributed by atoms with Gasteiger partial charge in [0.2, 0.25) is 5.91 Å². The number of nitrogen functional groups attached to an aromatic ring is 1. The Hall–Kier alpha value is -2.22. The van der Waals surface area contributed by atoms with Gasteiger partial charge in [-0.25, -0.2) is 0 Å². The maximum atomic E-state index is 12.4. The lowest BCUT2D eigenvalue weighted by atomic mass is 10.0. The zero-order valence-corrected chi connectivity index (χ0v) is 13.9. The van der Waals surface area contributed by atoms with Crippen molar-refractivity contribution in [3.05, 3.63) is 23.8 Å². The highest BCUT2D eigenvalue weighted by Crippen LogP contribution is 2.25. The molecule has 0 radical (unpaired) electrons. The van der Waals surface area contributed by atoms with Crippen molar-refractivity contribution in [2.45, 2.75) is 45.6 Å². The first kappa shape index (κ1) is 17.1. The van der Waals surface area contributed by atoms with Crippen LogP contribution in [0.2, 0.25) is 0 Å². The van der Waals surface area contributed by atoms with Crippen LogP contribution in [-0.2, 0) is 4.79 Å². The first-order valence-electron chi connectivity index (χ1n) is 8.23. The van der Waals surface area contributed by atoms with Crippen LogP contribution in [0, 0.1) is 17.2 Å². The van der Waals surface area contributed by atoms with Crippen molar-refractivity contribution >= 4 is 11.6 Å². The van der Waals surface area contributed by atoms with Gasteiger partial charge in [0.05, 0.1) is 11.7 Å². The van der Waals surface area contributed by atoms with Gasteiger partial charge in [0.25, 0.3) is 0 Å². The first-order chi connectivity index (χ1) is 11.0. The van der Waals surface area contributed by atoms with Gasteiger partial charge in [-0.1, -0.05) is 19.9 Å². The van der Waals surface area contributed by atoms with E-state index in [2.05, 4.69) is 19.9 Å². The molecule has 0 bridgehead atoms. The molecule has 1 unspecified atom stereocenters. The molecule has 1 amide bonds. The van der Waals surface area contributed by atoms with E-state index >= 15 is 0 Å². The summed E-state index contributed by atoms with van der Waals surface area (Å²) < 4.78 is 5.84. The van der Waals surface area contributed by atoms with Gasteiger partial charge in [-0.05, 0) is 37.3 Å². The number of nitrogens with two attached hydrogens (primary N) is 1. The summed E-state index contributed by atoms with van der Waals surface area (Å²) in [5.74, 6) is 1.04. The molecule has 5 heteroatoms. The number of rotatable bonds is 5. The van der Waals surface area contributed by atoms with E-state index < -0.39 is 0 Å². The Bertz CT molecular complexity index is 592. The van der Waals surface area contributed by atoms with Crippen LogP contribution in [0.15, 0.2) is 18.2 Å². The number of hydrogen-bond donors (Lipinski definition) is 1. The summed E-state index contributed by atoms with van der Waals surface area (Å²) in [5.41, 5.74) is 6.59. The van der Waals surface area contributed by atoms with Crippen LogP contribution in [-0.4, -0.2) is 30.0 Å². The SMILES string of the molecule is CC(C)CC(=O)N1CCCCC1COc1cccc(N)c1C#N. The fourth-order valence-electron chi connectivity index (χ4n) is 2.94. The lowest BCUT2D eigenvalue weighted by molar-refractivity contribution is -0.136. The van der Waals surface area contributed by atoms with Gasteiger partial charge in [-0.2, -0.15) is 5.26 Å². The number of amides is 1. The second-order valence-corrected chi connectivity index (χ2v) is 6.48. The van der Waals surface area contributed by atoms with E-state index in [1.165, 1.54) is 0 Å². The molecule has 2 rings (SSSR count). The highest BCUT2D eigenvalue weighted by molar-refractivity contribution is 5.76. The number of nitrogens with zero attached hydrogens (tertiary/aromatic N) is 2. The van der Waals surface area contributed by atoms with Crippen molar-refractivity contribution in [3.63, 3.8) is 0 Å². The quantitative estimate of drug-likeness (QED) is 0.847. The predicted molar refractivity (Wildman–Crippen MR) is 89.9 cm³/mol. The van der Waals surface area contributed by atoms with E-state index in [1.54, 1.807) is 18.2 Å². The fraction of sp³-hybridized carbons (Fsp3) is 0.556. The van der Waals surface area contributed by atoms with Crippen LogP contribution >= 0.6 is 0 Å². The number of carbonyl (C=O) groups is 1. The smallest absolute Gasteiger partial charge is 0.223 e. The van der Waals surface area contributed by atoms with Crippen molar-refractivity contribution in [2.24, 2.45) is 5.92 Å². The van der Waals surface area contributed by atoms with Crippen LogP contribution in [0.25, 0.3) is 0 Å². The van der Waals surface area contributed by atoms with Crippen molar-refractivity contribution in [2.75, 3.05) is 18.9 Å². The Morgan fingerprint density at radius 1 is 1.48 bits per heavy atom. The minimum Gasteiger partial charge on any atom is -0.490 e. The van der Waals surface area contributed by atoms with Crippen molar-refractivity contribution in [1.29, 1.82) is 5.26 Å². The summed E-state index contributed by atoms with van der Waals surface area (Å²) >= 11 is 0. The third-order valence-corrected chi connectivity index (χ3v) is 4.13. The maximum Gasteiger partial charge on any atom is 0.223 e. The van der Waals surface area contributed by atoms with Crippen molar-refractivity contribution in [1.82, 2.24) is 4.90 Å². The summed E-state index contributed by atoms with van der Waals surface area (Å²) in [6.07, 6.45) is 3.65. The van der Waals surface area contributed by atoms with Gasteiger partial charge in [0, 0.05) is 13.0 Å². The molecule has 2 N–H and O–H groups in total. The van der Waals surface area contributed by atoms with E-state index in [1.807, 2.05) is 4.90 Å². The molecule has 0 spiro atoms. The Morgan fingerprint density at radius 2 is 2.26 bits per heavy atom. The lowest BCUT2D eigenvalue weighted by Gasteiger charge is -2.36. The summed E-state index contributed by atoms with van der Waals surface area (Å²) in [5, 5.41) is 9.20. The highest BCUT2D eigenvalue weighted by atomic mass is 16.5. The Balaban J connectivity index is 2.04. The topological polar surface area (TPSA) is 79.3 Å². The minimum atomic E-state index is 0.0722. The highest BCUT2D eigenvalue weighted by Gasteiger charge is 2.27. The van der Waals surface area contributed by atoms with Crippen molar-refractivity contribution < 1.29 is 9.53 Å². The second kappa shape index (κ2) is 7.87. The molecule has 1 heterocycles.